The van der Waals surface area contributed by atoms with Crippen molar-refractivity contribution in [1.29, 1.82) is 0 Å². The highest BCUT2D eigenvalue weighted by atomic mass is 16.4. The van der Waals surface area contributed by atoms with Crippen LogP contribution in [0.25, 0.3) is 0 Å². The molecule has 0 aromatic carbocycles. The first kappa shape index (κ1) is 21.9. The van der Waals surface area contributed by atoms with Gasteiger partial charge in [0, 0.05) is 19.3 Å². The fourth-order valence-corrected chi connectivity index (χ4v) is 3.96. The molecule has 0 spiro atoms. The molecule has 1 rings (SSSR count). The number of rotatable bonds is 15. The van der Waals surface area contributed by atoms with E-state index in [1.807, 2.05) is 0 Å². The van der Waals surface area contributed by atoms with E-state index < -0.39 is 5.97 Å². The zero-order valence-electron chi connectivity index (χ0n) is 16.2. The van der Waals surface area contributed by atoms with Crippen molar-refractivity contribution in [2.24, 2.45) is 11.8 Å². The second-order valence-electron chi connectivity index (χ2n) is 7.69. The van der Waals surface area contributed by atoms with Crippen LogP contribution in [0.3, 0.4) is 0 Å². The number of Topliss-reactive ketones (excluding diaryl/α,β-unsaturated/α-hetero) is 1. The molecular weight excluding hydrogens is 312 g/mol. The van der Waals surface area contributed by atoms with Crippen LogP contribution in [0, 0.1) is 11.8 Å². The van der Waals surface area contributed by atoms with Gasteiger partial charge in [0.1, 0.15) is 5.78 Å². The molecule has 1 aliphatic rings. The van der Waals surface area contributed by atoms with E-state index in [1.165, 1.54) is 44.9 Å². The molecule has 2 atom stereocenters. The van der Waals surface area contributed by atoms with Crippen LogP contribution in [-0.4, -0.2) is 16.9 Å². The van der Waals surface area contributed by atoms with E-state index in [9.17, 15) is 9.59 Å². The van der Waals surface area contributed by atoms with Crippen molar-refractivity contribution in [3.8, 4) is 0 Å². The minimum absolute atomic E-state index is 0.261. The van der Waals surface area contributed by atoms with E-state index in [0.717, 1.165) is 50.9 Å². The van der Waals surface area contributed by atoms with Gasteiger partial charge in [-0.05, 0) is 50.4 Å². The van der Waals surface area contributed by atoms with Crippen LogP contribution >= 0.6 is 0 Å². The van der Waals surface area contributed by atoms with Crippen molar-refractivity contribution in [3.05, 3.63) is 12.2 Å². The lowest BCUT2D eigenvalue weighted by Gasteiger charge is -2.17. The molecule has 0 amide bonds. The zero-order chi connectivity index (χ0) is 18.3. The Balaban J connectivity index is 2.12. The maximum Gasteiger partial charge on any atom is 0.303 e. The number of carbonyl (C=O) groups is 2. The molecule has 1 aliphatic carbocycles. The second-order valence-corrected chi connectivity index (χ2v) is 7.69. The smallest absolute Gasteiger partial charge is 0.303 e. The summed E-state index contributed by atoms with van der Waals surface area (Å²) in [4.78, 5) is 22.5. The van der Waals surface area contributed by atoms with Crippen molar-refractivity contribution in [3.63, 3.8) is 0 Å². The van der Waals surface area contributed by atoms with Gasteiger partial charge >= 0.3 is 5.97 Å². The minimum atomic E-state index is -0.709. The van der Waals surface area contributed by atoms with Crippen molar-refractivity contribution >= 4 is 11.8 Å². The molecule has 3 heteroatoms. The summed E-state index contributed by atoms with van der Waals surface area (Å²) in [7, 11) is 0. The minimum Gasteiger partial charge on any atom is -0.481 e. The maximum atomic E-state index is 12.1. The molecule has 1 fully saturated rings. The molecule has 0 saturated heterocycles. The van der Waals surface area contributed by atoms with Crippen LogP contribution in [0.2, 0.25) is 0 Å². The van der Waals surface area contributed by atoms with Gasteiger partial charge in [0.2, 0.25) is 0 Å². The van der Waals surface area contributed by atoms with Gasteiger partial charge in [-0.1, -0.05) is 57.6 Å². The third kappa shape index (κ3) is 11.2. The molecule has 1 saturated carbocycles. The summed E-state index contributed by atoms with van der Waals surface area (Å²) in [5.74, 6) is 1.20. The summed E-state index contributed by atoms with van der Waals surface area (Å²) < 4.78 is 0. The molecule has 1 N–H and O–H groups in total. The average Bonchev–Trinajstić information content (AvgIpc) is 3.03. The third-order valence-corrected chi connectivity index (χ3v) is 5.54. The number of carboxylic acids is 1. The Labute approximate surface area is 154 Å². The maximum absolute atomic E-state index is 12.1. The van der Waals surface area contributed by atoms with Crippen LogP contribution in [0.15, 0.2) is 12.2 Å². The fourth-order valence-electron chi connectivity index (χ4n) is 3.96. The molecule has 0 aromatic rings. The number of allylic oxidation sites excluding steroid dienone is 2. The highest BCUT2D eigenvalue weighted by Gasteiger charge is 2.26. The standard InChI is InChI=1S/C22H38O3/c1-2-3-4-5-9-15-21(23)18-17-20-14-11-13-19(20)12-8-6-7-10-16-22(24)25/h6,8,19-20H,2-5,7,9-18H2,1H3,(H,24,25)/t19-,20+/m0/s1. The van der Waals surface area contributed by atoms with E-state index in [2.05, 4.69) is 19.1 Å². The summed E-state index contributed by atoms with van der Waals surface area (Å²) in [5.41, 5.74) is 0. The highest BCUT2D eigenvalue weighted by Crippen LogP contribution is 2.37. The predicted octanol–water partition coefficient (Wildman–Crippen LogP) is 6.31. The molecule has 3 nitrogen and oxygen atoms in total. The van der Waals surface area contributed by atoms with Crippen molar-refractivity contribution in [2.75, 3.05) is 0 Å². The lowest BCUT2D eigenvalue weighted by Crippen LogP contribution is -2.10. The molecule has 0 heterocycles. The summed E-state index contributed by atoms with van der Waals surface area (Å²) in [6.45, 7) is 2.22. The first-order chi connectivity index (χ1) is 12.1. The van der Waals surface area contributed by atoms with E-state index in [1.54, 1.807) is 0 Å². The van der Waals surface area contributed by atoms with Crippen LogP contribution in [0.5, 0.6) is 0 Å². The first-order valence-electron chi connectivity index (χ1n) is 10.5. The topological polar surface area (TPSA) is 54.4 Å². The number of carbonyl (C=O) groups excluding carboxylic acids is 1. The van der Waals surface area contributed by atoms with E-state index >= 15 is 0 Å². The van der Waals surface area contributed by atoms with Gasteiger partial charge in [0.25, 0.3) is 0 Å². The van der Waals surface area contributed by atoms with E-state index in [-0.39, 0.29) is 6.42 Å². The van der Waals surface area contributed by atoms with Gasteiger partial charge in [-0.15, -0.1) is 0 Å². The zero-order valence-corrected chi connectivity index (χ0v) is 16.2. The monoisotopic (exact) mass is 350 g/mol. The molecule has 0 unspecified atom stereocenters. The number of ketones is 1. The van der Waals surface area contributed by atoms with Gasteiger partial charge in [0.15, 0.2) is 0 Å². The van der Waals surface area contributed by atoms with Gasteiger partial charge in [-0.3, -0.25) is 9.59 Å². The molecule has 0 aliphatic heterocycles. The SMILES string of the molecule is CCCCCCCC(=O)CC[C@H]1CCC[C@@H]1CC=CCCCC(=O)O. The first-order valence-corrected chi connectivity index (χ1v) is 10.5. The van der Waals surface area contributed by atoms with Gasteiger partial charge in [-0.25, -0.2) is 0 Å². The Morgan fingerprint density at radius 2 is 1.68 bits per heavy atom. The normalized spacial score (nSPS) is 20.4. The fraction of sp³-hybridized carbons (Fsp3) is 0.818. The number of aliphatic carboxylic acids is 1. The molecule has 0 radical (unpaired) electrons. The Bertz CT molecular complexity index is 400. The number of carboxylic acid groups (broad SMARTS) is 1. The molecular formula is C22H38O3. The summed E-state index contributed by atoms with van der Waals surface area (Å²) >= 11 is 0. The quantitative estimate of drug-likeness (QED) is 0.278. The van der Waals surface area contributed by atoms with Crippen molar-refractivity contribution in [1.82, 2.24) is 0 Å². The van der Waals surface area contributed by atoms with E-state index in [0.29, 0.717) is 11.7 Å². The molecule has 25 heavy (non-hydrogen) atoms. The lowest BCUT2D eigenvalue weighted by molar-refractivity contribution is -0.137. The summed E-state index contributed by atoms with van der Waals surface area (Å²) in [6, 6.07) is 0. The summed E-state index contributed by atoms with van der Waals surface area (Å²) in [5, 5.41) is 8.62. The Kier molecular flexibility index (Phi) is 12.4. The number of hydrogen-bond acceptors (Lipinski definition) is 2. The van der Waals surface area contributed by atoms with Crippen LogP contribution in [0.4, 0.5) is 0 Å². The van der Waals surface area contributed by atoms with Gasteiger partial charge in [0.05, 0.1) is 0 Å². The molecule has 144 valence electrons. The number of unbranched alkanes of at least 4 members (excludes halogenated alkanes) is 5. The van der Waals surface area contributed by atoms with Crippen molar-refractivity contribution in [2.45, 2.75) is 103 Å². The van der Waals surface area contributed by atoms with Gasteiger partial charge in [-0.2, -0.15) is 0 Å². The Morgan fingerprint density at radius 1 is 0.920 bits per heavy atom. The summed E-state index contributed by atoms with van der Waals surface area (Å²) in [6.07, 6.45) is 19.9. The second kappa shape index (κ2) is 14.1. The van der Waals surface area contributed by atoms with Crippen LogP contribution in [-0.2, 0) is 9.59 Å². The lowest BCUT2D eigenvalue weighted by atomic mass is 9.88. The average molecular weight is 351 g/mol. The largest absolute Gasteiger partial charge is 0.481 e. The van der Waals surface area contributed by atoms with Crippen LogP contribution in [0.1, 0.15) is 103 Å². The van der Waals surface area contributed by atoms with Gasteiger partial charge < -0.3 is 5.11 Å². The van der Waals surface area contributed by atoms with E-state index in [4.69, 9.17) is 5.11 Å². The van der Waals surface area contributed by atoms with Crippen molar-refractivity contribution < 1.29 is 14.7 Å². The molecule has 0 aromatic heterocycles. The predicted molar refractivity (Wildman–Crippen MR) is 104 cm³/mol. The number of hydrogen-bond donors (Lipinski definition) is 1. The third-order valence-electron chi connectivity index (χ3n) is 5.54. The molecule has 0 bridgehead atoms. The highest BCUT2D eigenvalue weighted by molar-refractivity contribution is 5.78. The Morgan fingerprint density at radius 3 is 2.44 bits per heavy atom. The van der Waals surface area contributed by atoms with Crippen LogP contribution < -0.4 is 0 Å². The Hall–Kier alpha value is -1.12.